The maximum Gasteiger partial charge on any atom is 0.397 e. The van der Waals surface area contributed by atoms with Gasteiger partial charge in [-0.2, -0.15) is 42.1 Å². The van der Waals surface area contributed by atoms with Gasteiger partial charge in [-0.25, -0.2) is 20.9 Å². The lowest BCUT2D eigenvalue weighted by atomic mass is 9.88. The van der Waals surface area contributed by atoms with Crippen LogP contribution in [0.5, 0.6) is 0 Å². The molecule has 18 unspecified atom stereocenters. The zero-order valence-corrected chi connectivity index (χ0v) is 48.7. The van der Waals surface area contributed by atoms with Crippen LogP contribution < -0.4 is 0 Å². The van der Waals surface area contributed by atoms with E-state index in [1.165, 1.54) is 13.8 Å². The molecule has 0 aromatic carbocycles. The fourth-order valence-electron chi connectivity index (χ4n) is 10.1. The smallest absolute Gasteiger partial charge is 0.394 e. The van der Waals surface area contributed by atoms with Crippen molar-refractivity contribution in [2.45, 2.75) is 173 Å². The summed E-state index contributed by atoms with van der Waals surface area (Å²) in [6, 6.07) is 0. The Labute approximate surface area is 493 Å². The Morgan fingerprint density at radius 1 is 0.333 bits per heavy atom. The number of rotatable bonds is 27. The molecule has 0 radical (unpaired) electrons. The molecule has 0 aliphatic carbocycles. The van der Waals surface area contributed by atoms with Crippen molar-refractivity contribution in [2.75, 3.05) is 52.9 Å². The number of aliphatic hydroxyl groups is 12. The lowest BCUT2D eigenvalue weighted by Crippen LogP contribution is -2.63. The number of ether oxygens (including phenoxy) is 11. The van der Waals surface area contributed by atoms with E-state index in [0.717, 1.165) is 0 Å². The Hall–Kier alpha value is -1.57. The first-order valence-electron chi connectivity index (χ1n) is 25.4. The maximum atomic E-state index is 12.1. The molecule has 6 aliphatic heterocycles. The van der Waals surface area contributed by atoms with Crippen molar-refractivity contribution in [3.8, 4) is 0 Å². The lowest BCUT2D eigenvalue weighted by Gasteiger charge is -2.46. The molecule has 6 rings (SSSR count). The Morgan fingerprint density at radius 3 is 1.11 bits per heavy atom. The Bertz CT molecular complexity index is 2780. The minimum atomic E-state index is -5.59. The second-order valence-corrected chi connectivity index (χ2v) is 25.6. The van der Waals surface area contributed by atoms with Gasteiger partial charge in [0.2, 0.25) is 0 Å². The SMILES string of the molecule is CC1O[C@@H](OC[C@H]2C(C)O[C@@H](OCC3C(O)[C@H](OC[C@H]4C(CO[C@@H]5OC(CO[C@@H]6OC(CO)[C@H](O)C(OS(=O)(=O)O)C6O)[C@H](O)C(OS(=O)(=O)O)C5O)OCC(O)C4OS(=O)(=O)O)OC(CO)[C@@H]3O)C(O)C2OS(=O)(=O)O)C(O)C(OS(=O)(=O)O)[C@H]1O. The van der Waals surface area contributed by atoms with Crippen LogP contribution in [0.3, 0.4) is 0 Å². The van der Waals surface area contributed by atoms with Crippen LogP contribution in [-0.2, 0) is 125 Å². The highest BCUT2D eigenvalue weighted by atomic mass is 32.3. The Kier molecular flexibility index (Phi) is 25.9. The van der Waals surface area contributed by atoms with Crippen LogP contribution in [0.1, 0.15) is 13.8 Å². The van der Waals surface area contributed by atoms with Crippen LogP contribution in [0.25, 0.3) is 0 Å². The van der Waals surface area contributed by atoms with Gasteiger partial charge in [0.25, 0.3) is 0 Å². The molecule has 43 nitrogen and oxygen atoms in total. The van der Waals surface area contributed by atoms with E-state index in [1.807, 2.05) is 0 Å². The van der Waals surface area contributed by atoms with E-state index < -0.39 is 282 Å². The number of hydrogen-bond acceptors (Lipinski definition) is 38. The predicted molar refractivity (Wildman–Crippen MR) is 261 cm³/mol. The largest absolute Gasteiger partial charge is 0.397 e. The Morgan fingerprint density at radius 2 is 0.655 bits per heavy atom. The van der Waals surface area contributed by atoms with Crippen molar-refractivity contribution in [1.82, 2.24) is 0 Å². The van der Waals surface area contributed by atoms with Crippen LogP contribution in [-0.4, -0.2) is 339 Å². The lowest BCUT2D eigenvalue weighted by molar-refractivity contribution is -0.333. The molecule has 6 aliphatic rings. The van der Waals surface area contributed by atoms with Gasteiger partial charge in [-0.1, -0.05) is 0 Å². The summed E-state index contributed by atoms with van der Waals surface area (Å²) in [5.41, 5.74) is 0. The van der Waals surface area contributed by atoms with Gasteiger partial charge in [0.15, 0.2) is 31.5 Å². The number of aliphatic hydroxyl groups excluding tert-OH is 12. The molecule has 29 atom stereocenters. The molecule has 17 N–H and O–H groups in total. The van der Waals surface area contributed by atoms with Gasteiger partial charge in [-0.05, 0) is 13.8 Å². The minimum absolute atomic E-state index is 0.827. The third-order valence-corrected chi connectivity index (χ3v) is 16.7. The highest BCUT2D eigenvalue weighted by Gasteiger charge is 2.55. The van der Waals surface area contributed by atoms with E-state index in [1.54, 1.807) is 0 Å². The van der Waals surface area contributed by atoms with Crippen molar-refractivity contribution >= 4 is 52.0 Å². The first-order chi connectivity index (χ1) is 40.1. The van der Waals surface area contributed by atoms with Gasteiger partial charge in [0.1, 0.15) is 104 Å². The van der Waals surface area contributed by atoms with Crippen molar-refractivity contribution in [3.63, 3.8) is 0 Å². The molecule has 0 aromatic heterocycles. The van der Waals surface area contributed by atoms with Gasteiger partial charge in [0, 0.05) is 17.8 Å². The molecule has 0 spiro atoms. The molecule has 512 valence electrons. The summed E-state index contributed by atoms with van der Waals surface area (Å²) in [5, 5.41) is 129. The summed E-state index contributed by atoms with van der Waals surface area (Å²) in [6.45, 7) is -5.52. The van der Waals surface area contributed by atoms with Crippen LogP contribution in [0.4, 0.5) is 0 Å². The average Bonchev–Trinajstić information content (AvgIpc) is 1.61. The average molecular weight is 1390 g/mol. The molecular weight excluding hydrogens is 1320 g/mol. The highest BCUT2D eigenvalue weighted by Crippen LogP contribution is 2.37. The van der Waals surface area contributed by atoms with Gasteiger partial charge >= 0.3 is 52.0 Å². The minimum Gasteiger partial charge on any atom is -0.394 e. The predicted octanol–water partition coefficient (Wildman–Crippen LogP) is -11.5. The first kappa shape index (κ1) is 74.5. The van der Waals surface area contributed by atoms with E-state index in [2.05, 4.69) is 12.5 Å². The summed E-state index contributed by atoms with van der Waals surface area (Å²) in [5.74, 6) is -4.95. The topological polar surface area (TPSA) is 662 Å². The van der Waals surface area contributed by atoms with Gasteiger partial charge < -0.3 is 113 Å². The zero-order valence-electron chi connectivity index (χ0n) is 44.7. The molecular formula is C39H68O43S5. The summed E-state index contributed by atoms with van der Waals surface area (Å²) in [4.78, 5) is 0. The summed E-state index contributed by atoms with van der Waals surface area (Å²) in [7, 11) is -27.3. The van der Waals surface area contributed by atoms with Crippen LogP contribution in [0.2, 0.25) is 0 Å². The molecule has 0 saturated carbocycles. The van der Waals surface area contributed by atoms with E-state index in [-0.39, 0.29) is 0 Å². The molecule has 6 heterocycles. The van der Waals surface area contributed by atoms with Gasteiger partial charge in [-0.15, -0.1) is 0 Å². The van der Waals surface area contributed by atoms with Crippen molar-refractivity contribution in [1.29, 1.82) is 0 Å². The zero-order chi connectivity index (χ0) is 65.2. The first-order valence-corrected chi connectivity index (χ1v) is 32.2. The Balaban J connectivity index is 1.16. The molecule has 0 aromatic rings. The van der Waals surface area contributed by atoms with E-state index in [4.69, 9.17) is 65.0 Å². The highest BCUT2D eigenvalue weighted by molar-refractivity contribution is 7.81. The van der Waals surface area contributed by atoms with Crippen molar-refractivity contribution in [3.05, 3.63) is 0 Å². The van der Waals surface area contributed by atoms with Gasteiger partial charge in [-0.3, -0.25) is 22.8 Å². The third-order valence-electron chi connectivity index (χ3n) is 14.4. The quantitative estimate of drug-likeness (QED) is 0.0340. The molecule has 0 amide bonds. The third kappa shape index (κ3) is 20.0. The van der Waals surface area contributed by atoms with Crippen LogP contribution in [0.15, 0.2) is 0 Å². The monoisotopic (exact) mass is 1380 g/mol. The standard InChI is InChI=1S/C39H68O43S5/c1-11-13(5-68-37-27(49)32(80-85(58,59)60)21(43)12(2)74-37)31(79-84(55,56)57)26(48)36(73-11)70-7-15-22(44)17(3-40)75-35(23(15)45)69-6-14-19(67-8-16(42)30(14)78-83(52,53)54)9-71-39-29(51)34(82-87(64,65)66)25(47)20(77-39)10-72-38-28(50)33(81-86(61,62)63)24(46)18(4-41)76-38/h11-51H,3-10H2,1-2H3,(H,52,53,54)(H,55,56,57)(H,58,59,60)(H,61,62,63)(H,64,65,66)/t11?,12?,13-,14-,15?,16?,17?,18?,19?,20?,21-,22+,23?,24-,25-,26?,27?,28?,29?,30?,31?,32?,33?,34?,35+,36+,37+,38+,39+/m0/s1. The molecule has 48 heteroatoms. The fourth-order valence-corrected chi connectivity index (χ4v) is 12.7. The van der Waals surface area contributed by atoms with E-state index >= 15 is 0 Å². The molecule has 0 bridgehead atoms. The van der Waals surface area contributed by atoms with Crippen LogP contribution >= 0.6 is 0 Å². The summed E-state index contributed by atoms with van der Waals surface area (Å²) < 4.78 is 249. The normalized spacial score (nSPS) is 43.9. The maximum absolute atomic E-state index is 12.1. The second kappa shape index (κ2) is 30.2. The van der Waals surface area contributed by atoms with Crippen molar-refractivity contribution < 1.29 is 199 Å². The fraction of sp³-hybridized carbons (Fsp3) is 1.00. The molecule has 87 heavy (non-hydrogen) atoms. The van der Waals surface area contributed by atoms with Gasteiger partial charge in [0.05, 0.1) is 77.3 Å². The molecule has 6 saturated heterocycles. The number of hydrogen-bond donors (Lipinski definition) is 17. The van der Waals surface area contributed by atoms with E-state index in [9.17, 15) is 122 Å². The van der Waals surface area contributed by atoms with Crippen molar-refractivity contribution in [2.24, 2.45) is 17.8 Å². The van der Waals surface area contributed by atoms with Crippen LogP contribution in [0, 0.1) is 17.8 Å². The van der Waals surface area contributed by atoms with E-state index in [0.29, 0.717) is 0 Å². The molecule has 6 fully saturated rings. The summed E-state index contributed by atoms with van der Waals surface area (Å²) >= 11 is 0. The summed E-state index contributed by atoms with van der Waals surface area (Å²) in [6.07, 6.45) is -52.9. The second-order valence-electron chi connectivity index (χ2n) is 20.4.